The van der Waals surface area contributed by atoms with Gasteiger partial charge < -0.3 is 19.4 Å². The summed E-state index contributed by atoms with van der Waals surface area (Å²) in [5, 5.41) is 11.3. The third-order valence-corrected chi connectivity index (χ3v) is 5.84. The number of hydrogen-bond donors (Lipinski definition) is 1. The Morgan fingerprint density at radius 3 is 2.50 bits per heavy atom. The smallest absolute Gasteiger partial charge is 0.253 e. The van der Waals surface area contributed by atoms with Crippen molar-refractivity contribution in [1.82, 2.24) is 20.4 Å². The lowest BCUT2D eigenvalue weighted by atomic mass is 10.0. The molecule has 0 saturated carbocycles. The largest absolute Gasteiger partial charge is 0.494 e. The summed E-state index contributed by atoms with van der Waals surface area (Å²) in [6, 6.07) is 16.9. The van der Waals surface area contributed by atoms with Crippen LogP contribution in [0.5, 0.6) is 5.75 Å². The first-order valence-electron chi connectivity index (χ1n) is 11.8. The van der Waals surface area contributed by atoms with Gasteiger partial charge in [0.1, 0.15) is 5.75 Å². The van der Waals surface area contributed by atoms with Crippen molar-refractivity contribution in [3.05, 3.63) is 66.1 Å². The van der Waals surface area contributed by atoms with Crippen molar-refractivity contribution in [3.63, 3.8) is 0 Å². The number of piperidine rings is 1. The highest BCUT2D eigenvalue weighted by Crippen LogP contribution is 2.19. The van der Waals surface area contributed by atoms with Crippen molar-refractivity contribution in [2.45, 2.75) is 45.1 Å². The van der Waals surface area contributed by atoms with Crippen LogP contribution in [-0.4, -0.2) is 52.6 Å². The number of benzene rings is 2. The summed E-state index contributed by atoms with van der Waals surface area (Å²) in [4.78, 5) is 27.0. The minimum atomic E-state index is 0.0130. The van der Waals surface area contributed by atoms with E-state index in [1.54, 1.807) is 12.1 Å². The molecule has 2 heterocycles. The van der Waals surface area contributed by atoms with Crippen LogP contribution in [-0.2, 0) is 11.2 Å². The van der Waals surface area contributed by atoms with Crippen LogP contribution < -0.4 is 10.1 Å². The van der Waals surface area contributed by atoms with E-state index in [1.165, 1.54) is 0 Å². The van der Waals surface area contributed by atoms with Crippen LogP contribution in [0.2, 0.25) is 0 Å². The number of likely N-dealkylation sites (tertiary alicyclic amines) is 1. The van der Waals surface area contributed by atoms with Crippen molar-refractivity contribution in [2.24, 2.45) is 0 Å². The minimum Gasteiger partial charge on any atom is -0.494 e. The first-order valence-corrected chi connectivity index (χ1v) is 11.8. The molecule has 178 valence electrons. The lowest BCUT2D eigenvalue weighted by Crippen LogP contribution is -2.46. The van der Waals surface area contributed by atoms with Gasteiger partial charge in [0.25, 0.3) is 5.91 Å². The summed E-state index contributed by atoms with van der Waals surface area (Å²) in [7, 11) is 0. The SMILES string of the molecule is CCOc1ccc(C(=O)N2CCC(NC(=O)CCCc3nnc(-c4ccccc4)o3)CC2)cc1. The minimum absolute atomic E-state index is 0.0130. The summed E-state index contributed by atoms with van der Waals surface area (Å²) in [6.07, 6.45) is 3.09. The van der Waals surface area contributed by atoms with Crippen LogP contribution >= 0.6 is 0 Å². The van der Waals surface area contributed by atoms with E-state index in [-0.39, 0.29) is 17.9 Å². The number of carbonyl (C=O) groups is 2. The van der Waals surface area contributed by atoms with Crippen molar-refractivity contribution in [3.8, 4) is 17.2 Å². The third kappa shape index (κ3) is 6.21. The Kier molecular flexibility index (Phi) is 7.91. The highest BCUT2D eigenvalue weighted by Gasteiger charge is 2.24. The molecule has 8 heteroatoms. The molecule has 0 bridgehead atoms. The van der Waals surface area contributed by atoms with Crippen LogP contribution in [0.3, 0.4) is 0 Å². The molecular formula is C26H30N4O4. The average Bonchev–Trinajstić information content (AvgIpc) is 3.34. The third-order valence-electron chi connectivity index (χ3n) is 5.84. The fraction of sp³-hybridized carbons (Fsp3) is 0.385. The first-order chi connectivity index (χ1) is 16.6. The monoisotopic (exact) mass is 462 g/mol. The van der Waals surface area contributed by atoms with Crippen LogP contribution in [0.4, 0.5) is 0 Å². The molecule has 1 aromatic heterocycles. The van der Waals surface area contributed by atoms with Crippen LogP contribution in [0.1, 0.15) is 48.9 Å². The zero-order valence-electron chi connectivity index (χ0n) is 19.4. The maximum absolute atomic E-state index is 12.7. The number of rotatable bonds is 9. The molecule has 4 rings (SSSR count). The van der Waals surface area contributed by atoms with Gasteiger partial charge in [0.15, 0.2) is 0 Å². The second kappa shape index (κ2) is 11.4. The Morgan fingerprint density at radius 2 is 1.79 bits per heavy atom. The normalized spacial score (nSPS) is 14.1. The molecule has 0 radical (unpaired) electrons. The summed E-state index contributed by atoms with van der Waals surface area (Å²) in [6.45, 7) is 3.78. The van der Waals surface area contributed by atoms with Gasteiger partial charge in [0, 0.05) is 43.1 Å². The summed E-state index contributed by atoms with van der Waals surface area (Å²) >= 11 is 0. The van der Waals surface area contributed by atoms with E-state index in [4.69, 9.17) is 9.15 Å². The number of amides is 2. The second-order valence-electron chi connectivity index (χ2n) is 8.31. The number of carbonyl (C=O) groups excluding carboxylic acids is 2. The predicted molar refractivity (Wildman–Crippen MR) is 127 cm³/mol. The maximum Gasteiger partial charge on any atom is 0.253 e. The van der Waals surface area contributed by atoms with E-state index in [0.29, 0.717) is 56.3 Å². The van der Waals surface area contributed by atoms with Gasteiger partial charge in [-0.25, -0.2) is 0 Å². The van der Waals surface area contributed by atoms with E-state index >= 15 is 0 Å². The molecule has 1 fully saturated rings. The van der Waals surface area contributed by atoms with Crippen molar-refractivity contribution < 1.29 is 18.7 Å². The number of nitrogens with one attached hydrogen (secondary N) is 1. The maximum atomic E-state index is 12.7. The van der Waals surface area contributed by atoms with Gasteiger partial charge in [0.05, 0.1) is 6.61 Å². The molecule has 1 N–H and O–H groups in total. The summed E-state index contributed by atoms with van der Waals surface area (Å²) < 4.78 is 11.1. The molecule has 1 aliphatic rings. The summed E-state index contributed by atoms with van der Waals surface area (Å²) in [5.41, 5.74) is 1.54. The van der Waals surface area contributed by atoms with Crippen LogP contribution in [0, 0.1) is 0 Å². The zero-order chi connectivity index (χ0) is 23.8. The van der Waals surface area contributed by atoms with Gasteiger partial charge in [-0.1, -0.05) is 18.2 Å². The highest BCUT2D eigenvalue weighted by molar-refractivity contribution is 5.94. The Bertz CT molecular complexity index is 1070. The first kappa shape index (κ1) is 23.5. The van der Waals surface area contributed by atoms with Gasteiger partial charge >= 0.3 is 0 Å². The van der Waals surface area contributed by atoms with Gasteiger partial charge in [0.2, 0.25) is 17.7 Å². The molecule has 0 unspecified atom stereocenters. The Morgan fingerprint density at radius 1 is 1.06 bits per heavy atom. The number of aromatic nitrogens is 2. The van der Waals surface area contributed by atoms with E-state index in [9.17, 15) is 9.59 Å². The van der Waals surface area contributed by atoms with Crippen molar-refractivity contribution in [2.75, 3.05) is 19.7 Å². The van der Waals surface area contributed by atoms with Crippen molar-refractivity contribution in [1.29, 1.82) is 0 Å². The van der Waals surface area contributed by atoms with E-state index < -0.39 is 0 Å². The van der Waals surface area contributed by atoms with Gasteiger partial charge in [-0.3, -0.25) is 9.59 Å². The van der Waals surface area contributed by atoms with Gasteiger partial charge in [-0.05, 0) is 62.6 Å². The fourth-order valence-corrected chi connectivity index (χ4v) is 4.02. The second-order valence-corrected chi connectivity index (χ2v) is 8.31. The average molecular weight is 463 g/mol. The molecule has 34 heavy (non-hydrogen) atoms. The zero-order valence-corrected chi connectivity index (χ0v) is 19.4. The van der Waals surface area contributed by atoms with Crippen LogP contribution in [0.15, 0.2) is 59.0 Å². The molecule has 0 spiro atoms. The molecule has 1 saturated heterocycles. The molecule has 2 aromatic carbocycles. The fourth-order valence-electron chi connectivity index (χ4n) is 4.02. The molecule has 2 amide bonds. The van der Waals surface area contributed by atoms with E-state index in [0.717, 1.165) is 24.2 Å². The Labute approximate surface area is 199 Å². The van der Waals surface area contributed by atoms with E-state index in [2.05, 4.69) is 15.5 Å². The lowest BCUT2D eigenvalue weighted by Gasteiger charge is -2.32. The number of nitrogens with zero attached hydrogens (tertiary/aromatic N) is 3. The van der Waals surface area contributed by atoms with Crippen LogP contribution in [0.25, 0.3) is 11.5 Å². The number of hydrogen-bond acceptors (Lipinski definition) is 6. The molecule has 0 aliphatic carbocycles. The molecule has 1 aliphatic heterocycles. The van der Waals surface area contributed by atoms with Gasteiger partial charge in [-0.2, -0.15) is 0 Å². The molecule has 0 atom stereocenters. The highest BCUT2D eigenvalue weighted by atomic mass is 16.5. The Balaban J connectivity index is 1.16. The Hall–Kier alpha value is -3.68. The lowest BCUT2D eigenvalue weighted by molar-refractivity contribution is -0.122. The summed E-state index contributed by atoms with van der Waals surface area (Å²) in [5.74, 6) is 1.82. The predicted octanol–water partition coefficient (Wildman–Crippen LogP) is 3.88. The molecule has 3 aromatic rings. The topological polar surface area (TPSA) is 97.6 Å². The number of ether oxygens (including phenoxy) is 1. The number of aryl methyl sites for hydroxylation is 1. The van der Waals surface area contributed by atoms with Crippen molar-refractivity contribution >= 4 is 11.8 Å². The van der Waals surface area contributed by atoms with Gasteiger partial charge in [-0.15, -0.1) is 10.2 Å². The van der Waals surface area contributed by atoms with E-state index in [1.807, 2.05) is 54.3 Å². The molecule has 8 nitrogen and oxygen atoms in total. The standard InChI is InChI=1S/C26H30N4O4/c1-2-33-22-13-11-20(12-14-22)26(32)30-17-15-21(16-18-30)27-23(31)9-6-10-24-28-29-25(34-24)19-7-4-3-5-8-19/h3-5,7-8,11-14,21H,2,6,9-10,15-18H2,1H3,(H,27,31). The molecular weight excluding hydrogens is 432 g/mol. The quantitative estimate of drug-likeness (QED) is 0.518.